The number of rotatable bonds is 6. The fourth-order valence-electron chi connectivity index (χ4n) is 0.300. The zero-order valence-corrected chi connectivity index (χ0v) is 10.4. The first-order chi connectivity index (χ1) is 7.36. The average molecular weight is 301 g/mol. The van der Waals surface area contributed by atoms with Gasteiger partial charge in [-0.2, -0.15) is 0 Å². The van der Waals surface area contributed by atoms with Crippen LogP contribution in [-0.4, -0.2) is 81.4 Å². The normalized spacial score (nSPS) is 11.3. The quantitative estimate of drug-likeness (QED) is 0.226. The smallest absolute Gasteiger partial charge is 0.394 e. The molecule has 0 spiro atoms. The Morgan fingerprint density at radius 2 is 0.647 bits per heavy atom. The zero-order chi connectivity index (χ0) is 13.2. The van der Waals surface area contributed by atoms with Crippen LogP contribution in [0.2, 0.25) is 0 Å². The van der Waals surface area contributed by atoms with Crippen molar-refractivity contribution in [2.24, 2.45) is 11.5 Å². The van der Waals surface area contributed by atoms with Crippen molar-refractivity contribution in [1.82, 2.24) is 0 Å². The molecule has 0 saturated heterocycles. The summed E-state index contributed by atoms with van der Waals surface area (Å²) in [6.07, 6.45) is 0. The van der Waals surface area contributed by atoms with Crippen molar-refractivity contribution < 1.29 is 47.1 Å². The van der Waals surface area contributed by atoms with Crippen LogP contribution in [0.4, 0.5) is 0 Å². The molecule has 0 aliphatic rings. The van der Waals surface area contributed by atoms with E-state index in [-0.39, 0.29) is 16.5 Å². The Labute approximate surface area is 110 Å². The Bertz CT molecular complexity index is 132. The van der Waals surface area contributed by atoms with Gasteiger partial charge in [-0.1, -0.05) is 0 Å². The number of aliphatic hydroxyl groups is 6. The molecule has 0 fully saturated rings. The molecule has 17 heavy (non-hydrogen) atoms. The maximum Gasteiger partial charge on any atom is 2.00 e. The Morgan fingerprint density at radius 1 is 0.529 bits per heavy atom. The third kappa shape index (κ3) is 9.84. The molecular formula is C8H22N2NiO6+2. The van der Waals surface area contributed by atoms with Gasteiger partial charge >= 0.3 is 16.5 Å². The van der Waals surface area contributed by atoms with E-state index in [0.717, 1.165) is 0 Å². The minimum Gasteiger partial charge on any atom is -0.394 e. The van der Waals surface area contributed by atoms with Crippen molar-refractivity contribution in [3.05, 3.63) is 0 Å². The fourth-order valence-corrected chi connectivity index (χ4v) is 0.300. The molecule has 0 aromatic heterocycles. The van der Waals surface area contributed by atoms with Crippen molar-refractivity contribution in [3.63, 3.8) is 0 Å². The van der Waals surface area contributed by atoms with E-state index in [1.807, 2.05) is 0 Å². The van der Waals surface area contributed by atoms with E-state index in [4.69, 9.17) is 42.1 Å². The van der Waals surface area contributed by atoms with Crippen molar-refractivity contribution in [2.45, 2.75) is 11.1 Å². The molecule has 8 nitrogen and oxygen atoms in total. The Kier molecular flexibility index (Phi) is 14.8. The second-order valence-electron chi connectivity index (χ2n) is 3.67. The second-order valence-corrected chi connectivity index (χ2v) is 3.67. The molecule has 0 aromatic carbocycles. The summed E-state index contributed by atoms with van der Waals surface area (Å²) in [6.45, 7) is -2.42. The third-order valence-electron chi connectivity index (χ3n) is 1.89. The van der Waals surface area contributed by atoms with E-state index in [0.29, 0.717) is 0 Å². The van der Waals surface area contributed by atoms with Crippen molar-refractivity contribution >= 4 is 0 Å². The fraction of sp³-hybridized carbons (Fsp3) is 1.00. The van der Waals surface area contributed by atoms with Gasteiger partial charge in [0.15, 0.2) is 0 Å². The van der Waals surface area contributed by atoms with E-state index in [9.17, 15) is 0 Å². The van der Waals surface area contributed by atoms with E-state index in [1.165, 1.54) is 0 Å². The van der Waals surface area contributed by atoms with Gasteiger partial charge in [-0.25, -0.2) is 0 Å². The third-order valence-corrected chi connectivity index (χ3v) is 1.89. The Balaban J connectivity index is -0.000000218. The zero-order valence-electron chi connectivity index (χ0n) is 9.40. The molecule has 0 saturated carbocycles. The molecule has 0 heterocycles. The van der Waals surface area contributed by atoms with Gasteiger partial charge in [0, 0.05) is 0 Å². The van der Waals surface area contributed by atoms with Crippen LogP contribution >= 0.6 is 0 Å². The molecule has 0 bridgehead atoms. The summed E-state index contributed by atoms with van der Waals surface area (Å²) >= 11 is 0. The van der Waals surface area contributed by atoms with E-state index in [2.05, 4.69) is 0 Å². The van der Waals surface area contributed by atoms with E-state index < -0.39 is 50.7 Å². The predicted octanol–water partition coefficient (Wildman–Crippen LogP) is -4.68. The van der Waals surface area contributed by atoms with Gasteiger partial charge in [0.05, 0.1) is 50.7 Å². The summed E-state index contributed by atoms with van der Waals surface area (Å²) in [6, 6.07) is 0. The van der Waals surface area contributed by atoms with Crippen LogP contribution in [0.5, 0.6) is 0 Å². The maximum atomic E-state index is 8.34. The van der Waals surface area contributed by atoms with E-state index >= 15 is 0 Å². The van der Waals surface area contributed by atoms with Crippen LogP contribution in [-0.2, 0) is 16.5 Å². The number of aliphatic hydroxyl groups excluding tert-OH is 6. The summed E-state index contributed by atoms with van der Waals surface area (Å²) < 4.78 is 0. The number of hydrogen-bond acceptors (Lipinski definition) is 8. The maximum absolute atomic E-state index is 8.34. The van der Waals surface area contributed by atoms with Crippen molar-refractivity contribution in [3.8, 4) is 0 Å². The number of hydrogen-bond donors (Lipinski definition) is 8. The summed E-state index contributed by atoms with van der Waals surface area (Å²) in [5.74, 6) is 0. The molecule has 0 aromatic rings. The first-order valence-electron chi connectivity index (χ1n) is 4.60. The molecule has 0 aliphatic heterocycles. The van der Waals surface area contributed by atoms with Crippen LogP contribution in [0, 0.1) is 0 Å². The van der Waals surface area contributed by atoms with Crippen LogP contribution in [0.15, 0.2) is 0 Å². The summed E-state index contributed by atoms with van der Waals surface area (Å²) in [5, 5.41) is 50.0. The van der Waals surface area contributed by atoms with Gasteiger partial charge in [0.25, 0.3) is 0 Å². The minimum atomic E-state index is -1.21. The van der Waals surface area contributed by atoms with Crippen molar-refractivity contribution in [1.29, 1.82) is 0 Å². The standard InChI is InChI=1S/2C4H11NO3.Ni/c2*5-4(1-6,2-7)3-8;/h2*6-8H,1-3,5H2;/q;;+2. The molecule has 0 aliphatic carbocycles. The first-order valence-corrected chi connectivity index (χ1v) is 4.60. The molecule has 9 heteroatoms. The Hall–Kier alpha value is 0.174. The van der Waals surface area contributed by atoms with Gasteiger partial charge in [-0.3, -0.25) is 0 Å². The topological polar surface area (TPSA) is 173 Å². The van der Waals surface area contributed by atoms with Gasteiger partial charge in [0.1, 0.15) is 0 Å². The van der Waals surface area contributed by atoms with Crippen LogP contribution < -0.4 is 11.5 Å². The van der Waals surface area contributed by atoms with Gasteiger partial charge in [-0.05, 0) is 0 Å². The number of nitrogens with two attached hydrogens (primary N) is 2. The van der Waals surface area contributed by atoms with Crippen LogP contribution in [0.3, 0.4) is 0 Å². The summed E-state index contributed by atoms with van der Waals surface area (Å²) in [5.41, 5.74) is 7.88. The van der Waals surface area contributed by atoms with Gasteiger partial charge in [-0.15, -0.1) is 0 Å². The molecule has 0 atom stereocenters. The first kappa shape index (κ1) is 22.4. The van der Waals surface area contributed by atoms with Crippen molar-refractivity contribution in [2.75, 3.05) is 39.6 Å². The molecule has 0 unspecified atom stereocenters. The van der Waals surface area contributed by atoms with Gasteiger partial charge < -0.3 is 42.1 Å². The van der Waals surface area contributed by atoms with Gasteiger partial charge in [0.2, 0.25) is 0 Å². The Morgan fingerprint density at radius 3 is 0.647 bits per heavy atom. The molecule has 108 valence electrons. The van der Waals surface area contributed by atoms with Crippen LogP contribution in [0.25, 0.3) is 0 Å². The molecule has 0 rings (SSSR count). The molecule has 0 radical (unpaired) electrons. The van der Waals surface area contributed by atoms with Crippen LogP contribution in [0.1, 0.15) is 0 Å². The average Bonchev–Trinajstić information content (AvgIpc) is 2.37. The molecular weight excluding hydrogens is 279 g/mol. The largest absolute Gasteiger partial charge is 2.00 e. The summed E-state index contributed by atoms with van der Waals surface area (Å²) in [7, 11) is 0. The second kappa shape index (κ2) is 11.3. The SMILES string of the molecule is NC(CO)(CO)CO.NC(CO)(CO)CO.[Ni+2]. The monoisotopic (exact) mass is 300 g/mol. The molecule has 0 amide bonds. The van der Waals surface area contributed by atoms with E-state index in [1.54, 1.807) is 0 Å². The predicted molar refractivity (Wildman–Crippen MR) is 56.4 cm³/mol. The summed E-state index contributed by atoms with van der Waals surface area (Å²) in [4.78, 5) is 0. The molecule has 10 N–H and O–H groups in total. The minimum absolute atomic E-state index is 0.